The number of anilines is 1. The van der Waals surface area contributed by atoms with Crippen LogP contribution in [0.5, 0.6) is 0 Å². The van der Waals surface area contributed by atoms with E-state index >= 15 is 0 Å². The average Bonchev–Trinajstić information content (AvgIpc) is 2.81. The second-order valence-corrected chi connectivity index (χ2v) is 9.07. The van der Waals surface area contributed by atoms with Gasteiger partial charge in [-0.1, -0.05) is 23.3 Å². The molecule has 182 valence electrons. The highest BCUT2D eigenvalue weighted by Gasteiger charge is 2.26. The van der Waals surface area contributed by atoms with Crippen LogP contribution in [0.25, 0.3) is 0 Å². The molecule has 0 N–H and O–H groups in total. The second-order valence-electron chi connectivity index (χ2n) is 8.63. The molecule has 0 saturated carbocycles. The number of allylic oxidation sites excluding steroid dienone is 1. The lowest BCUT2D eigenvalue weighted by Crippen LogP contribution is -2.52. The van der Waals surface area contributed by atoms with Crippen LogP contribution in [0.2, 0.25) is 5.02 Å². The van der Waals surface area contributed by atoms with E-state index in [-0.39, 0.29) is 30.6 Å². The lowest BCUT2D eigenvalue weighted by Gasteiger charge is -2.35. The minimum absolute atomic E-state index is 0.0680. The Morgan fingerprint density at radius 2 is 1.65 bits per heavy atom. The molecule has 1 saturated heterocycles. The van der Waals surface area contributed by atoms with Gasteiger partial charge in [0, 0.05) is 63.6 Å². The largest absolute Gasteiger partial charge is 0.336 e. The van der Waals surface area contributed by atoms with Crippen molar-refractivity contribution in [2.75, 3.05) is 44.2 Å². The standard InChI is InChI=1S/C24H30ClN5O4/c1-17(2)9-10-30(20-15-26(3)24(34)27(4)23(20)33)21(31)16-28-11-13-29(14-12-28)22(32)18-5-7-19(25)8-6-18/h5-9,15H,10-14,16H2,1-4H3. The Bertz CT molecular complexity index is 1200. The number of rotatable bonds is 6. The Labute approximate surface area is 203 Å². The lowest BCUT2D eigenvalue weighted by atomic mass is 10.2. The summed E-state index contributed by atoms with van der Waals surface area (Å²) in [5.41, 5.74) is 0.770. The van der Waals surface area contributed by atoms with Crippen molar-refractivity contribution in [3.8, 4) is 0 Å². The van der Waals surface area contributed by atoms with Crippen molar-refractivity contribution in [1.82, 2.24) is 18.9 Å². The summed E-state index contributed by atoms with van der Waals surface area (Å²) in [6.45, 7) is 6.21. The molecule has 2 aromatic rings. The number of amides is 2. The molecular weight excluding hydrogens is 458 g/mol. The highest BCUT2D eigenvalue weighted by atomic mass is 35.5. The van der Waals surface area contributed by atoms with Crippen LogP contribution in [0.3, 0.4) is 0 Å². The minimum atomic E-state index is -0.517. The van der Waals surface area contributed by atoms with Crippen LogP contribution in [-0.2, 0) is 18.9 Å². The van der Waals surface area contributed by atoms with E-state index in [1.165, 1.54) is 22.7 Å². The number of aromatic nitrogens is 2. The van der Waals surface area contributed by atoms with Crippen LogP contribution in [0, 0.1) is 0 Å². The summed E-state index contributed by atoms with van der Waals surface area (Å²) >= 11 is 5.91. The molecule has 0 atom stereocenters. The quantitative estimate of drug-likeness (QED) is 0.576. The molecule has 2 amide bonds. The maximum absolute atomic E-state index is 13.3. The number of halogens is 1. The topological polar surface area (TPSA) is 87.9 Å². The molecule has 1 aromatic heterocycles. The Balaban J connectivity index is 1.71. The maximum Gasteiger partial charge on any atom is 0.330 e. The van der Waals surface area contributed by atoms with E-state index < -0.39 is 11.2 Å². The molecule has 0 aliphatic carbocycles. The summed E-state index contributed by atoms with van der Waals surface area (Å²) in [6, 6.07) is 6.79. The van der Waals surface area contributed by atoms with E-state index in [4.69, 9.17) is 11.6 Å². The van der Waals surface area contributed by atoms with Crippen LogP contribution in [0.15, 0.2) is 51.7 Å². The molecular formula is C24H30ClN5O4. The predicted molar refractivity (Wildman–Crippen MR) is 133 cm³/mol. The highest BCUT2D eigenvalue weighted by Crippen LogP contribution is 2.14. The van der Waals surface area contributed by atoms with E-state index in [0.29, 0.717) is 36.8 Å². The fourth-order valence-corrected chi connectivity index (χ4v) is 3.87. The second kappa shape index (κ2) is 10.8. The van der Waals surface area contributed by atoms with E-state index in [1.54, 1.807) is 36.2 Å². The summed E-state index contributed by atoms with van der Waals surface area (Å²) in [6.07, 6.45) is 3.27. The number of carbonyl (C=O) groups excluding carboxylic acids is 2. The first-order valence-corrected chi connectivity index (χ1v) is 11.4. The molecule has 2 heterocycles. The first-order valence-electron chi connectivity index (χ1n) is 11.1. The Morgan fingerprint density at radius 1 is 1.03 bits per heavy atom. The maximum atomic E-state index is 13.3. The molecule has 0 unspecified atom stereocenters. The van der Waals surface area contributed by atoms with Gasteiger partial charge in [0.25, 0.3) is 11.5 Å². The van der Waals surface area contributed by atoms with Crippen LogP contribution in [-0.4, -0.2) is 70.0 Å². The first kappa shape index (κ1) is 25.5. The molecule has 3 rings (SSSR count). The minimum Gasteiger partial charge on any atom is -0.336 e. The summed E-state index contributed by atoms with van der Waals surface area (Å²) < 4.78 is 2.29. The molecule has 1 fully saturated rings. The fraction of sp³-hybridized carbons (Fsp3) is 0.417. The van der Waals surface area contributed by atoms with Gasteiger partial charge < -0.3 is 14.4 Å². The zero-order valence-corrected chi connectivity index (χ0v) is 20.7. The van der Waals surface area contributed by atoms with Crippen molar-refractivity contribution < 1.29 is 9.59 Å². The number of piperazine rings is 1. The summed E-state index contributed by atoms with van der Waals surface area (Å²) in [5, 5.41) is 0.575. The molecule has 34 heavy (non-hydrogen) atoms. The predicted octanol–water partition coefficient (Wildman–Crippen LogP) is 1.49. The van der Waals surface area contributed by atoms with Crippen molar-refractivity contribution >= 4 is 29.1 Å². The van der Waals surface area contributed by atoms with Crippen molar-refractivity contribution in [3.05, 3.63) is 73.5 Å². The zero-order chi connectivity index (χ0) is 25.0. The summed E-state index contributed by atoms with van der Waals surface area (Å²) in [4.78, 5) is 56.0. The van der Waals surface area contributed by atoms with Crippen LogP contribution >= 0.6 is 11.6 Å². The molecule has 10 heteroatoms. The summed E-state index contributed by atoms with van der Waals surface area (Å²) in [5.74, 6) is -0.313. The van der Waals surface area contributed by atoms with Crippen molar-refractivity contribution in [2.45, 2.75) is 13.8 Å². The van der Waals surface area contributed by atoms with Crippen molar-refractivity contribution in [2.24, 2.45) is 14.1 Å². The van der Waals surface area contributed by atoms with Crippen LogP contribution in [0.4, 0.5) is 5.69 Å². The summed E-state index contributed by atoms with van der Waals surface area (Å²) in [7, 11) is 2.94. The number of nitrogens with zero attached hydrogens (tertiary/aromatic N) is 5. The van der Waals surface area contributed by atoms with Crippen LogP contribution in [0.1, 0.15) is 24.2 Å². The molecule has 1 aliphatic heterocycles. The monoisotopic (exact) mass is 487 g/mol. The Hall–Kier alpha value is -3.17. The third-order valence-corrected chi connectivity index (χ3v) is 6.06. The van der Waals surface area contributed by atoms with Gasteiger partial charge in [0.2, 0.25) is 5.91 Å². The van der Waals surface area contributed by atoms with Crippen molar-refractivity contribution in [3.63, 3.8) is 0 Å². The smallest absolute Gasteiger partial charge is 0.330 e. The molecule has 0 bridgehead atoms. The van der Waals surface area contributed by atoms with Gasteiger partial charge in [-0.2, -0.15) is 0 Å². The number of benzene rings is 1. The van der Waals surface area contributed by atoms with Crippen molar-refractivity contribution in [1.29, 1.82) is 0 Å². The number of carbonyl (C=O) groups is 2. The van der Waals surface area contributed by atoms with E-state index in [9.17, 15) is 19.2 Å². The number of aryl methyl sites for hydroxylation is 1. The molecule has 0 radical (unpaired) electrons. The fourth-order valence-electron chi connectivity index (χ4n) is 3.74. The van der Waals surface area contributed by atoms with Gasteiger partial charge in [-0.05, 0) is 38.1 Å². The third-order valence-electron chi connectivity index (χ3n) is 5.81. The van der Waals surface area contributed by atoms with Gasteiger partial charge in [-0.3, -0.25) is 23.9 Å². The van der Waals surface area contributed by atoms with Gasteiger partial charge >= 0.3 is 5.69 Å². The molecule has 0 spiro atoms. The number of hydrogen-bond donors (Lipinski definition) is 0. The molecule has 1 aromatic carbocycles. The zero-order valence-electron chi connectivity index (χ0n) is 20.0. The Kier molecular flexibility index (Phi) is 8.11. The van der Waals surface area contributed by atoms with Gasteiger partial charge in [0.15, 0.2) is 0 Å². The average molecular weight is 488 g/mol. The lowest BCUT2D eigenvalue weighted by molar-refractivity contribution is -0.120. The number of hydrogen-bond acceptors (Lipinski definition) is 5. The molecule has 9 nitrogen and oxygen atoms in total. The van der Waals surface area contributed by atoms with Crippen LogP contribution < -0.4 is 16.1 Å². The van der Waals surface area contributed by atoms with E-state index in [0.717, 1.165) is 10.1 Å². The van der Waals surface area contributed by atoms with E-state index in [1.807, 2.05) is 24.8 Å². The van der Waals surface area contributed by atoms with Gasteiger partial charge in [-0.25, -0.2) is 4.79 Å². The third kappa shape index (κ3) is 5.84. The normalized spacial score (nSPS) is 14.1. The first-order chi connectivity index (χ1) is 16.1. The SMILES string of the molecule is CC(C)=CCN(C(=O)CN1CCN(C(=O)c2ccc(Cl)cc2)CC1)c1cn(C)c(=O)n(C)c1=O. The van der Waals surface area contributed by atoms with E-state index in [2.05, 4.69) is 0 Å². The van der Waals surface area contributed by atoms with Gasteiger partial charge in [0.05, 0.1) is 6.54 Å². The Morgan fingerprint density at radius 3 is 2.24 bits per heavy atom. The van der Waals surface area contributed by atoms with Gasteiger partial charge in [0.1, 0.15) is 5.69 Å². The van der Waals surface area contributed by atoms with Gasteiger partial charge in [-0.15, -0.1) is 0 Å². The highest BCUT2D eigenvalue weighted by molar-refractivity contribution is 6.30. The molecule has 1 aliphatic rings.